The molecule has 5 rings (SSSR count). The van der Waals surface area contributed by atoms with E-state index in [0.717, 1.165) is 19.3 Å². The molecule has 2 aliphatic carbocycles. The number of halogens is 3. The van der Waals surface area contributed by atoms with E-state index < -0.39 is 23.2 Å². The predicted molar refractivity (Wildman–Crippen MR) is 121 cm³/mol. The molecule has 0 bridgehead atoms. The van der Waals surface area contributed by atoms with Crippen LogP contribution in [0.2, 0.25) is 0 Å². The molecule has 1 amide bonds. The molecule has 2 N–H and O–H groups in total. The Morgan fingerprint density at radius 3 is 2.53 bits per heavy atom. The van der Waals surface area contributed by atoms with Crippen LogP contribution in [-0.2, 0) is 5.41 Å². The van der Waals surface area contributed by atoms with E-state index in [-0.39, 0.29) is 48.3 Å². The van der Waals surface area contributed by atoms with E-state index in [1.54, 1.807) is 12.1 Å². The maximum atomic E-state index is 14.5. The third-order valence-electron chi connectivity index (χ3n) is 6.70. The number of pyridine rings is 1. The molecule has 2 heterocycles. The minimum atomic E-state index is -1.01. The van der Waals surface area contributed by atoms with Crippen LogP contribution < -0.4 is 10.6 Å². The summed E-state index contributed by atoms with van der Waals surface area (Å²) in [6.45, 7) is 0.237. The van der Waals surface area contributed by atoms with Crippen molar-refractivity contribution in [3.05, 3.63) is 71.6 Å². The number of aromatic nitrogens is 3. The fourth-order valence-electron chi connectivity index (χ4n) is 4.50. The normalized spacial score (nSPS) is 21.9. The Hall–Kier alpha value is -3.49. The standard InChI is InChI=1S/C25H24F3N5O/c26-16-12-25(13-16,23-20(28)5-2-10-29-23)14-30-22-9-8-21(32-33-22)18-11-15(6-7-19(18)27)24(34)31-17-3-1-4-17/h2,5-11,16-17H,1,3-4,12-14H2,(H,30,33)(H,31,34)/t16-,25-. The van der Waals surface area contributed by atoms with E-state index in [1.165, 1.54) is 36.5 Å². The molecule has 2 aromatic heterocycles. The highest BCUT2D eigenvalue weighted by Crippen LogP contribution is 2.45. The van der Waals surface area contributed by atoms with Crippen molar-refractivity contribution in [3.63, 3.8) is 0 Å². The number of alkyl halides is 1. The predicted octanol–water partition coefficient (Wildman–Crippen LogP) is 4.58. The Bertz CT molecular complexity index is 1190. The van der Waals surface area contributed by atoms with Crippen LogP contribution in [0.25, 0.3) is 11.3 Å². The van der Waals surface area contributed by atoms with Crippen LogP contribution in [0, 0.1) is 11.6 Å². The highest BCUT2D eigenvalue weighted by Gasteiger charge is 2.48. The van der Waals surface area contributed by atoms with Gasteiger partial charge in [-0.05, 0) is 74.6 Å². The molecule has 2 aliphatic rings. The van der Waals surface area contributed by atoms with Crippen molar-refractivity contribution < 1.29 is 18.0 Å². The molecule has 0 aliphatic heterocycles. The molecule has 3 aromatic rings. The second-order valence-corrected chi connectivity index (χ2v) is 9.07. The zero-order valence-electron chi connectivity index (χ0n) is 18.4. The summed E-state index contributed by atoms with van der Waals surface area (Å²) < 4.78 is 42.5. The molecule has 0 atom stereocenters. The number of rotatable bonds is 7. The fraction of sp³-hybridized carbons (Fsp3) is 0.360. The van der Waals surface area contributed by atoms with Crippen LogP contribution in [0.3, 0.4) is 0 Å². The van der Waals surface area contributed by atoms with Gasteiger partial charge in [-0.15, -0.1) is 10.2 Å². The van der Waals surface area contributed by atoms with Crippen LogP contribution in [0.1, 0.15) is 48.2 Å². The summed E-state index contributed by atoms with van der Waals surface area (Å²) in [4.78, 5) is 16.6. The molecule has 34 heavy (non-hydrogen) atoms. The highest BCUT2D eigenvalue weighted by atomic mass is 19.1. The summed E-state index contributed by atoms with van der Waals surface area (Å²) in [6, 6.07) is 10.4. The summed E-state index contributed by atoms with van der Waals surface area (Å²) in [6.07, 6.45) is 3.84. The number of nitrogens with one attached hydrogen (secondary N) is 2. The zero-order valence-corrected chi connectivity index (χ0v) is 18.4. The van der Waals surface area contributed by atoms with Crippen molar-refractivity contribution in [2.45, 2.75) is 49.7 Å². The minimum Gasteiger partial charge on any atom is -0.368 e. The van der Waals surface area contributed by atoms with Crippen LogP contribution >= 0.6 is 0 Å². The van der Waals surface area contributed by atoms with E-state index in [2.05, 4.69) is 25.8 Å². The van der Waals surface area contributed by atoms with E-state index in [1.807, 2.05) is 0 Å². The van der Waals surface area contributed by atoms with Crippen molar-refractivity contribution >= 4 is 11.7 Å². The summed E-state index contributed by atoms with van der Waals surface area (Å²) in [5, 5.41) is 14.2. The molecule has 0 unspecified atom stereocenters. The average molecular weight is 467 g/mol. The Morgan fingerprint density at radius 1 is 1.06 bits per heavy atom. The molecule has 2 saturated carbocycles. The smallest absolute Gasteiger partial charge is 0.251 e. The number of anilines is 1. The van der Waals surface area contributed by atoms with Gasteiger partial charge in [0.05, 0.1) is 11.4 Å². The first kappa shape index (κ1) is 22.3. The van der Waals surface area contributed by atoms with Crippen LogP contribution in [0.5, 0.6) is 0 Å². The SMILES string of the molecule is O=C(NC1CCC1)c1ccc(F)c(-c2ccc(NC[C@]3(c4ncccc4F)C[C@H](F)C3)nn2)c1. The summed E-state index contributed by atoms with van der Waals surface area (Å²) in [5.74, 6) is -0.824. The lowest BCUT2D eigenvalue weighted by molar-refractivity contribution is 0.0916. The molecule has 0 saturated heterocycles. The van der Waals surface area contributed by atoms with Gasteiger partial charge in [-0.25, -0.2) is 13.2 Å². The number of benzene rings is 1. The second kappa shape index (κ2) is 9.04. The lowest BCUT2D eigenvalue weighted by atomic mass is 9.65. The Labute approximate surface area is 195 Å². The van der Waals surface area contributed by atoms with E-state index >= 15 is 0 Å². The van der Waals surface area contributed by atoms with Crippen molar-refractivity contribution in [3.8, 4) is 11.3 Å². The van der Waals surface area contributed by atoms with E-state index in [4.69, 9.17) is 0 Å². The second-order valence-electron chi connectivity index (χ2n) is 9.07. The molecular weight excluding hydrogens is 443 g/mol. The summed E-state index contributed by atoms with van der Waals surface area (Å²) in [7, 11) is 0. The van der Waals surface area contributed by atoms with Gasteiger partial charge < -0.3 is 10.6 Å². The van der Waals surface area contributed by atoms with Gasteiger partial charge in [-0.2, -0.15) is 0 Å². The first-order valence-electron chi connectivity index (χ1n) is 11.4. The number of hydrogen-bond donors (Lipinski definition) is 2. The van der Waals surface area contributed by atoms with Crippen molar-refractivity contribution in [2.75, 3.05) is 11.9 Å². The zero-order chi connectivity index (χ0) is 23.7. The van der Waals surface area contributed by atoms with Gasteiger partial charge in [0, 0.05) is 35.3 Å². The molecule has 1 aromatic carbocycles. The number of carbonyl (C=O) groups is 1. The Balaban J connectivity index is 1.30. The topological polar surface area (TPSA) is 79.8 Å². The molecule has 176 valence electrons. The van der Waals surface area contributed by atoms with Gasteiger partial charge >= 0.3 is 0 Å². The maximum Gasteiger partial charge on any atom is 0.251 e. The van der Waals surface area contributed by atoms with Gasteiger partial charge in [0.15, 0.2) is 0 Å². The Morgan fingerprint density at radius 2 is 1.88 bits per heavy atom. The summed E-state index contributed by atoms with van der Waals surface area (Å²) >= 11 is 0. The largest absolute Gasteiger partial charge is 0.368 e. The van der Waals surface area contributed by atoms with Crippen LogP contribution in [0.15, 0.2) is 48.7 Å². The third-order valence-corrected chi connectivity index (χ3v) is 6.70. The highest BCUT2D eigenvalue weighted by molar-refractivity contribution is 5.95. The van der Waals surface area contributed by atoms with Crippen LogP contribution in [-0.4, -0.2) is 39.8 Å². The first-order valence-corrected chi connectivity index (χ1v) is 11.4. The number of nitrogens with zero attached hydrogens (tertiary/aromatic N) is 3. The first-order chi connectivity index (χ1) is 16.4. The van der Waals surface area contributed by atoms with E-state index in [0.29, 0.717) is 11.4 Å². The molecule has 2 fully saturated rings. The fourth-order valence-corrected chi connectivity index (χ4v) is 4.50. The third kappa shape index (κ3) is 4.34. The van der Waals surface area contributed by atoms with Gasteiger partial charge in [-0.1, -0.05) is 0 Å². The minimum absolute atomic E-state index is 0.167. The van der Waals surface area contributed by atoms with Crippen molar-refractivity contribution in [1.82, 2.24) is 20.5 Å². The molecule has 6 nitrogen and oxygen atoms in total. The van der Waals surface area contributed by atoms with Crippen LogP contribution in [0.4, 0.5) is 19.0 Å². The lowest BCUT2D eigenvalue weighted by Crippen LogP contribution is -2.49. The van der Waals surface area contributed by atoms with Gasteiger partial charge in [0.1, 0.15) is 23.6 Å². The monoisotopic (exact) mass is 467 g/mol. The lowest BCUT2D eigenvalue weighted by Gasteiger charge is -2.44. The maximum absolute atomic E-state index is 14.5. The van der Waals surface area contributed by atoms with Crippen molar-refractivity contribution in [1.29, 1.82) is 0 Å². The van der Waals surface area contributed by atoms with Crippen molar-refractivity contribution in [2.24, 2.45) is 0 Å². The number of amides is 1. The average Bonchev–Trinajstić information content (AvgIpc) is 2.79. The van der Waals surface area contributed by atoms with Gasteiger partial charge in [0.25, 0.3) is 5.91 Å². The summed E-state index contributed by atoms with van der Waals surface area (Å²) in [5.41, 5.74) is 0.280. The number of carbonyl (C=O) groups excluding carboxylic acids is 1. The molecule has 0 spiro atoms. The number of hydrogen-bond acceptors (Lipinski definition) is 5. The van der Waals surface area contributed by atoms with Gasteiger partial charge in [0.2, 0.25) is 0 Å². The van der Waals surface area contributed by atoms with Gasteiger partial charge in [-0.3, -0.25) is 9.78 Å². The van der Waals surface area contributed by atoms with E-state index in [9.17, 15) is 18.0 Å². The Kier molecular flexibility index (Phi) is 5.93. The molecule has 9 heteroatoms. The molecule has 0 radical (unpaired) electrons. The molecular formula is C25H24F3N5O. The quantitative estimate of drug-likeness (QED) is 0.532.